The smallest absolute Gasteiger partial charge is 0.273 e. The van der Waals surface area contributed by atoms with Crippen molar-refractivity contribution in [1.29, 1.82) is 0 Å². The Hall–Kier alpha value is -2.09. The number of hydrogen-bond acceptors (Lipinski definition) is 4. The Balaban J connectivity index is 2.46. The molecule has 1 saturated heterocycles. The lowest BCUT2D eigenvalue weighted by Gasteiger charge is -2.42. The van der Waals surface area contributed by atoms with Crippen LogP contribution in [0.1, 0.15) is 11.6 Å². The van der Waals surface area contributed by atoms with Crippen LogP contribution in [0.25, 0.3) is 10.4 Å². The van der Waals surface area contributed by atoms with E-state index in [4.69, 9.17) is 10.1 Å². The topological polar surface area (TPSA) is 123 Å². The lowest BCUT2D eigenvalue weighted by atomic mass is 9.92. The predicted octanol–water partition coefficient (Wildman–Crippen LogP) is 1.05. The second-order valence-corrected chi connectivity index (χ2v) is 4.91. The number of carbonyl (C=O) groups is 1. The molecule has 9 heteroatoms. The van der Waals surface area contributed by atoms with E-state index < -0.39 is 28.3 Å². The molecule has 1 N–H and O–H groups in total. The molecule has 8 nitrogen and oxygen atoms in total. The molecule has 1 fully saturated rings. The molecule has 1 aliphatic rings. The highest BCUT2D eigenvalue weighted by molar-refractivity contribution is 7.84. The van der Waals surface area contributed by atoms with Gasteiger partial charge in [0.15, 0.2) is 0 Å². The number of carbonyl (C=O) groups excluding carboxylic acids is 1. The Kier molecular flexibility index (Phi) is 2.95. The van der Waals surface area contributed by atoms with Gasteiger partial charge in [0.25, 0.3) is 0 Å². The summed E-state index contributed by atoms with van der Waals surface area (Å²) in [7, 11) is -4.66. The van der Waals surface area contributed by atoms with Gasteiger partial charge in [0, 0.05) is 4.91 Å². The molecule has 1 heterocycles. The number of hydrogen-bond donors (Lipinski definition) is 1. The molecule has 18 heavy (non-hydrogen) atoms. The van der Waals surface area contributed by atoms with Crippen molar-refractivity contribution in [3.05, 3.63) is 46.3 Å². The zero-order chi connectivity index (χ0) is 13.3. The van der Waals surface area contributed by atoms with Crippen LogP contribution < -0.4 is 0 Å². The van der Waals surface area contributed by atoms with E-state index in [0.717, 1.165) is 0 Å². The SMILES string of the molecule is [N-]=[N+]=N[C@@H]1C(=O)N(S(=O)(=O)O)[C@H]1c1ccccc1. The first-order valence-corrected chi connectivity index (χ1v) is 6.26. The Morgan fingerprint density at radius 3 is 2.44 bits per heavy atom. The average Bonchev–Trinajstić information content (AvgIpc) is 2.32. The fourth-order valence-electron chi connectivity index (χ4n) is 1.84. The van der Waals surface area contributed by atoms with Crippen LogP contribution in [0, 0.1) is 0 Å². The molecule has 1 amide bonds. The third-order valence-electron chi connectivity index (χ3n) is 2.59. The third kappa shape index (κ3) is 1.90. The Morgan fingerprint density at radius 2 is 1.94 bits per heavy atom. The first-order valence-electron chi connectivity index (χ1n) is 4.86. The van der Waals surface area contributed by atoms with Gasteiger partial charge in [0.2, 0.25) is 5.91 Å². The molecule has 0 saturated carbocycles. The van der Waals surface area contributed by atoms with Gasteiger partial charge in [-0.15, -0.1) is 0 Å². The summed E-state index contributed by atoms with van der Waals surface area (Å²) in [5.41, 5.74) is 8.81. The summed E-state index contributed by atoms with van der Waals surface area (Å²) in [6.45, 7) is 0. The van der Waals surface area contributed by atoms with Crippen molar-refractivity contribution in [2.75, 3.05) is 0 Å². The summed E-state index contributed by atoms with van der Waals surface area (Å²) in [5.74, 6) is -0.941. The van der Waals surface area contributed by atoms with E-state index in [9.17, 15) is 13.2 Å². The lowest BCUT2D eigenvalue weighted by Crippen LogP contribution is -2.59. The maximum Gasteiger partial charge on any atom is 0.362 e. The Labute approximate surface area is 102 Å². The minimum Gasteiger partial charge on any atom is -0.273 e. The normalized spacial score (nSPS) is 23.2. The quantitative estimate of drug-likeness (QED) is 0.289. The van der Waals surface area contributed by atoms with Gasteiger partial charge >= 0.3 is 10.3 Å². The first-order chi connectivity index (χ1) is 8.46. The number of benzene rings is 1. The van der Waals surface area contributed by atoms with Gasteiger partial charge in [0.1, 0.15) is 6.04 Å². The van der Waals surface area contributed by atoms with Gasteiger partial charge in [-0.1, -0.05) is 35.4 Å². The van der Waals surface area contributed by atoms with E-state index in [1.165, 1.54) is 0 Å². The molecular formula is C9H8N4O4S. The summed E-state index contributed by atoms with van der Waals surface area (Å²) in [4.78, 5) is 14.0. The highest BCUT2D eigenvalue weighted by Gasteiger charge is 2.53. The zero-order valence-electron chi connectivity index (χ0n) is 8.91. The highest BCUT2D eigenvalue weighted by Crippen LogP contribution is 2.38. The van der Waals surface area contributed by atoms with Crippen molar-refractivity contribution in [2.24, 2.45) is 5.11 Å². The summed E-state index contributed by atoms with van der Waals surface area (Å²) in [5, 5.41) is 3.25. The minimum atomic E-state index is -4.66. The summed E-state index contributed by atoms with van der Waals surface area (Å²) >= 11 is 0. The molecule has 0 aliphatic carbocycles. The van der Waals surface area contributed by atoms with Crippen LogP contribution in [0.15, 0.2) is 35.4 Å². The Morgan fingerprint density at radius 1 is 1.33 bits per heavy atom. The summed E-state index contributed by atoms with van der Waals surface area (Å²) < 4.78 is 31.4. The number of azide groups is 1. The average molecular weight is 268 g/mol. The van der Waals surface area contributed by atoms with Crippen LogP contribution in [0.5, 0.6) is 0 Å². The molecule has 1 aromatic rings. The highest BCUT2D eigenvalue weighted by atomic mass is 32.2. The molecule has 94 valence electrons. The molecule has 2 atom stereocenters. The van der Waals surface area contributed by atoms with Crippen LogP contribution in [-0.4, -0.2) is 29.2 Å². The fourth-order valence-corrected chi connectivity index (χ4v) is 2.70. The van der Waals surface area contributed by atoms with Crippen LogP contribution in [0.3, 0.4) is 0 Å². The molecule has 2 rings (SSSR count). The first kappa shape index (κ1) is 12.4. The van der Waals surface area contributed by atoms with Gasteiger partial charge in [-0.25, -0.2) is 4.31 Å². The zero-order valence-corrected chi connectivity index (χ0v) is 9.73. The molecule has 1 aromatic carbocycles. The molecule has 0 spiro atoms. The van der Waals surface area contributed by atoms with Crippen molar-refractivity contribution < 1.29 is 17.8 Å². The monoisotopic (exact) mass is 268 g/mol. The number of rotatable bonds is 3. The number of nitrogens with zero attached hydrogens (tertiary/aromatic N) is 4. The summed E-state index contributed by atoms with van der Waals surface area (Å²) in [6.07, 6.45) is 0. The molecule has 0 bridgehead atoms. The van der Waals surface area contributed by atoms with Crippen molar-refractivity contribution in [3.63, 3.8) is 0 Å². The number of amides is 1. The van der Waals surface area contributed by atoms with Gasteiger partial charge in [0.05, 0.1) is 6.04 Å². The lowest BCUT2D eigenvalue weighted by molar-refractivity contribution is -0.141. The van der Waals surface area contributed by atoms with Gasteiger partial charge in [-0.2, -0.15) is 8.42 Å². The molecule has 0 radical (unpaired) electrons. The third-order valence-corrected chi connectivity index (χ3v) is 3.49. The maximum absolute atomic E-state index is 11.5. The Bertz CT molecular complexity index is 623. The van der Waals surface area contributed by atoms with Gasteiger partial charge in [-0.3, -0.25) is 9.35 Å². The van der Waals surface area contributed by atoms with E-state index in [-0.39, 0.29) is 0 Å². The standard InChI is InChI=1S/C9H8N4O4S/c10-12-11-7-8(6-4-2-1-3-5-6)13(9(7)14)18(15,16)17/h1-5,7-8H,(H,15,16,17)/t7-,8-/m0/s1. The van der Waals surface area contributed by atoms with Crippen LogP contribution >= 0.6 is 0 Å². The van der Waals surface area contributed by atoms with Crippen LogP contribution in [-0.2, 0) is 15.1 Å². The molecule has 0 unspecified atom stereocenters. The molecule has 0 aromatic heterocycles. The second-order valence-electron chi connectivity index (χ2n) is 3.62. The van der Waals surface area contributed by atoms with Crippen molar-refractivity contribution >= 4 is 16.2 Å². The second kappa shape index (κ2) is 4.30. The van der Waals surface area contributed by atoms with Crippen LogP contribution in [0.4, 0.5) is 0 Å². The number of β-lactam (4-membered cyclic amide) rings is 1. The summed E-state index contributed by atoms with van der Waals surface area (Å²) in [6, 6.07) is 6.01. The fraction of sp³-hybridized carbons (Fsp3) is 0.222. The van der Waals surface area contributed by atoms with E-state index >= 15 is 0 Å². The van der Waals surface area contributed by atoms with Crippen molar-refractivity contribution in [1.82, 2.24) is 4.31 Å². The van der Waals surface area contributed by atoms with E-state index in [2.05, 4.69) is 10.0 Å². The minimum absolute atomic E-state index is 0.307. The maximum atomic E-state index is 11.5. The predicted molar refractivity (Wildman–Crippen MR) is 60.5 cm³/mol. The van der Waals surface area contributed by atoms with Crippen molar-refractivity contribution in [3.8, 4) is 0 Å². The molecule has 1 aliphatic heterocycles. The van der Waals surface area contributed by atoms with Gasteiger partial charge in [-0.05, 0) is 11.1 Å². The largest absolute Gasteiger partial charge is 0.362 e. The van der Waals surface area contributed by atoms with Gasteiger partial charge < -0.3 is 0 Å². The van der Waals surface area contributed by atoms with Crippen LogP contribution in [0.2, 0.25) is 0 Å². The van der Waals surface area contributed by atoms with E-state index in [1.54, 1.807) is 30.3 Å². The van der Waals surface area contributed by atoms with Crippen molar-refractivity contribution in [2.45, 2.75) is 12.1 Å². The molecular weight excluding hydrogens is 260 g/mol. The van der Waals surface area contributed by atoms with E-state index in [0.29, 0.717) is 9.87 Å². The van der Waals surface area contributed by atoms with E-state index in [1.807, 2.05) is 0 Å².